The van der Waals surface area contributed by atoms with Crippen molar-refractivity contribution in [3.8, 4) is 0 Å². The summed E-state index contributed by atoms with van der Waals surface area (Å²) in [4.78, 5) is 35.4. The lowest BCUT2D eigenvalue weighted by Gasteiger charge is -2.29. The van der Waals surface area contributed by atoms with Gasteiger partial charge in [0, 0.05) is 25.4 Å². The van der Waals surface area contributed by atoms with Crippen LogP contribution in [-0.4, -0.2) is 36.0 Å². The number of rotatable bonds is 10. The fourth-order valence-corrected chi connectivity index (χ4v) is 2.83. The van der Waals surface area contributed by atoms with E-state index in [1.54, 1.807) is 31.2 Å². The van der Waals surface area contributed by atoms with Crippen molar-refractivity contribution >= 4 is 17.8 Å². The predicted molar refractivity (Wildman–Crippen MR) is 94.0 cm³/mol. The van der Waals surface area contributed by atoms with Gasteiger partial charge in [0.25, 0.3) is 0 Å². The summed E-state index contributed by atoms with van der Waals surface area (Å²) < 4.78 is 0. The van der Waals surface area contributed by atoms with E-state index in [0.717, 1.165) is 12.8 Å². The van der Waals surface area contributed by atoms with Gasteiger partial charge in [0.15, 0.2) is 0 Å². The number of carboxylic acid groups (broad SMARTS) is 1. The van der Waals surface area contributed by atoms with E-state index in [1.807, 2.05) is 6.07 Å². The SMILES string of the molecule is CCC(CNC(=O)CCCNC(=O)C1CC1)(C(=O)O)c1ccccc1. The molecule has 0 bridgehead atoms. The van der Waals surface area contributed by atoms with E-state index in [-0.39, 0.29) is 30.7 Å². The van der Waals surface area contributed by atoms with Crippen molar-refractivity contribution in [2.24, 2.45) is 5.92 Å². The van der Waals surface area contributed by atoms with Crippen LogP contribution in [0.5, 0.6) is 0 Å². The van der Waals surface area contributed by atoms with E-state index in [0.29, 0.717) is 24.9 Å². The van der Waals surface area contributed by atoms with Gasteiger partial charge in [-0.3, -0.25) is 14.4 Å². The largest absolute Gasteiger partial charge is 0.481 e. The molecule has 1 fully saturated rings. The third kappa shape index (κ3) is 5.05. The molecule has 2 rings (SSSR count). The number of hydrogen-bond donors (Lipinski definition) is 3. The highest BCUT2D eigenvalue weighted by Gasteiger charge is 2.38. The van der Waals surface area contributed by atoms with Crippen LogP contribution in [0.2, 0.25) is 0 Å². The van der Waals surface area contributed by atoms with Gasteiger partial charge in [-0.05, 0) is 31.2 Å². The summed E-state index contributed by atoms with van der Waals surface area (Å²) in [6.07, 6.45) is 3.10. The van der Waals surface area contributed by atoms with E-state index in [9.17, 15) is 19.5 Å². The second kappa shape index (κ2) is 8.65. The molecule has 1 saturated carbocycles. The lowest BCUT2D eigenvalue weighted by Crippen LogP contribution is -2.46. The first-order chi connectivity index (χ1) is 12.0. The Balaban J connectivity index is 1.82. The Morgan fingerprint density at radius 2 is 1.84 bits per heavy atom. The molecule has 0 radical (unpaired) electrons. The molecule has 3 N–H and O–H groups in total. The van der Waals surface area contributed by atoms with Crippen molar-refractivity contribution in [3.63, 3.8) is 0 Å². The molecule has 0 aromatic heterocycles. The molecule has 0 spiro atoms. The Labute approximate surface area is 148 Å². The van der Waals surface area contributed by atoms with E-state index in [2.05, 4.69) is 10.6 Å². The molecule has 0 heterocycles. The highest BCUT2D eigenvalue weighted by atomic mass is 16.4. The number of nitrogens with one attached hydrogen (secondary N) is 2. The van der Waals surface area contributed by atoms with Crippen LogP contribution in [-0.2, 0) is 19.8 Å². The Kier molecular flexibility index (Phi) is 6.56. The number of carbonyl (C=O) groups excluding carboxylic acids is 2. The molecule has 1 aliphatic carbocycles. The first-order valence-corrected chi connectivity index (χ1v) is 8.83. The minimum Gasteiger partial charge on any atom is -0.481 e. The van der Waals surface area contributed by atoms with Crippen LogP contribution in [0.4, 0.5) is 0 Å². The molecule has 2 amide bonds. The molecule has 0 aliphatic heterocycles. The van der Waals surface area contributed by atoms with Crippen molar-refractivity contribution in [1.82, 2.24) is 10.6 Å². The van der Waals surface area contributed by atoms with Crippen LogP contribution in [0.25, 0.3) is 0 Å². The lowest BCUT2D eigenvalue weighted by atomic mass is 9.78. The van der Waals surface area contributed by atoms with Gasteiger partial charge < -0.3 is 15.7 Å². The quantitative estimate of drug-likeness (QED) is 0.563. The smallest absolute Gasteiger partial charge is 0.315 e. The van der Waals surface area contributed by atoms with Crippen LogP contribution in [0, 0.1) is 5.92 Å². The zero-order valence-corrected chi connectivity index (χ0v) is 14.6. The lowest BCUT2D eigenvalue weighted by molar-refractivity contribution is -0.144. The summed E-state index contributed by atoms with van der Waals surface area (Å²) in [5.74, 6) is -0.908. The van der Waals surface area contributed by atoms with Gasteiger partial charge >= 0.3 is 5.97 Å². The van der Waals surface area contributed by atoms with Crippen molar-refractivity contribution in [2.45, 2.75) is 44.4 Å². The summed E-state index contributed by atoms with van der Waals surface area (Å²) in [5, 5.41) is 15.3. The van der Waals surface area contributed by atoms with E-state index < -0.39 is 11.4 Å². The van der Waals surface area contributed by atoms with Crippen LogP contribution in [0.3, 0.4) is 0 Å². The second-order valence-electron chi connectivity index (χ2n) is 6.55. The Morgan fingerprint density at radius 3 is 2.40 bits per heavy atom. The molecule has 6 nitrogen and oxygen atoms in total. The normalized spacial score (nSPS) is 15.9. The second-order valence-corrected chi connectivity index (χ2v) is 6.55. The van der Waals surface area contributed by atoms with Gasteiger partial charge in [0.1, 0.15) is 5.41 Å². The monoisotopic (exact) mass is 346 g/mol. The van der Waals surface area contributed by atoms with Crippen LogP contribution in [0.15, 0.2) is 30.3 Å². The predicted octanol–water partition coefficient (Wildman–Crippen LogP) is 1.84. The topological polar surface area (TPSA) is 95.5 Å². The van der Waals surface area contributed by atoms with Crippen LogP contribution < -0.4 is 10.6 Å². The molecule has 1 aromatic carbocycles. The third-order valence-corrected chi connectivity index (χ3v) is 4.75. The maximum absolute atomic E-state index is 12.0. The summed E-state index contributed by atoms with van der Waals surface area (Å²) >= 11 is 0. The summed E-state index contributed by atoms with van der Waals surface area (Å²) in [6, 6.07) is 8.98. The fourth-order valence-electron chi connectivity index (χ4n) is 2.83. The molecule has 1 atom stereocenters. The summed E-state index contributed by atoms with van der Waals surface area (Å²) in [5.41, 5.74) is -0.445. The minimum atomic E-state index is -1.13. The molecule has 136 valence electrons. The average molecular weight is 346 g/mol. The first kappa shape index (κ1) is 19.0. The highest BCUT2D eigenvalue weighted by Crippen LogP contribution is 2.29. The average Bonchev–Trinajstić information content (AvgIpc) is 3.45. The van der Waals surface area contributed by atoms with Gasteiger partial charge in [-0.2, -0.15) is 0 Å². The van der Waals surface area contributed by atoms with Crippen molar-refractivity contribution < 1.29 is 19.5 Å². The highest BCUT2D eigenvalue weighted by molar-refractivity contribution is 5.84. The van der Waals surface area contributed by atoms with Crippen LogP contribution in [0.1, 0.15) is 44.6 Å². The molecule has 6 heteroatoms. The first-order valence-electron chi connectivity index (χ1n) is 8.83. The maximum atomic E-state index is 12.0. The van der Waals surface area contributed by atoms with E-state index in [4.69, 9.17) is 0 Å². The zero-order chi connectivity index (χ0) is 18.3. The molecule has 1 aromatic rings. The zero-order valence-electron chi connectivity index (χ0n) is 14.6. The fraction of sp³-hybridized carbons (Fsp3) is 0.526. The molecular formula is C19H26N2O4. The maximum Gasteiger partial charge on any atom is 0.315 e. The number of aliphatic carboxylic acids is 1. The van der Waals surface area contributed by atoms with Crippen molar-refractivity contribution in [3.05, 3.63) is 35.9 Å². The van der Waals surface area contributed by atoms with E-state index >= 15 is 0 Å². The minimum absolute atomic E-state index is 0.0517. The standard InChI is InChI=1S/C19H26N2O4/c1-2-19(18(24)25,15-7-4-3-5-8-15)13-21-16(22)9-6-12-20-17(23)14-10-11-14/h3-5,7-8,14H,2,6,9-13H2,1H3,(H,20,23)(H,21,22)(H,24,25). The van der Waals surface area contributed by atoms with Crippen molar-refractivity contribution in [1.29, 1.82) is 0 Å². The Morgan fingerprint density at radius 1 is 1.16 bits per heavy atom. The molecule has 25 heavy (non-hydrogen) atoms. The summed E-state index contributed by atoms with van der Waals surface area (Å²) in [7, 11) is 0. The molecule has 1 aliphatic rings. The molecule has 1 unspecified atom stereocenters. The van der Waals surface area contributed by atoms with Gasteiger partial charge in [-0.1, -0.05) is 37.3 Å². The number of benzene rings is 1. The van der Waals surface area contributed by atoms with Gasteiger partial charge in [0.2, 0.25) is 11.8 Å². The van der Waals surface area contributed by atoms with Crippen LogP contribution >= 0.6 is 0 Å². The Hall–Kier alpha value is -2.37. The van der Waals surface area contributed by atoms with E-state index in [1.165, 1.54) is 0 Å². The number of hydrogen-bond acceptors (Lipinski definition) is 3. The molecule has 0 saturated heterocycles. The summed E-state index contributed by atoms with van der Waals surface area (Å²) in [6.45, 7) is 2.33. The third-order valence-electron chi connectivity index (χ3n) is 4.75. The van der Waals surface area contributed by atoms with Gasteiger partial charge in [0.05, 0.1) is 0 Å². The Bertz CT molecular complexity index is 613. The number of amides is 2. The van der Waals surface area contributed by atoms with Gasteiger partial charge in [-0.15, -0.1) is 0 Å². The van der Waals surface area contributed by atoms with Crippen molar-refractivity contribution in [2.75, 3.05) is 13.1 Å². The number of carbonyl (C=O) groups is 3. The number of carboxylic acids is 1. The molecular weight excluding hydrogens is 320 g/mol. The van der Waals surface area contributed by atoms with Gasteiger partial charge in [-0.25, -0.2) is 0 Å².